The maximum absolute atomic E-state index is 10.7. The lowest BCUT2D eigenvalue weighted by Crippen LogP contribution is -2.39. The topological polar surface area (TPSA) is 77.8 Å². The molecule has 0 spiro atoms. The molecule has 1 aromatic carbocycles. The predicted molar refractivity (Wildman–Crippen MR) is 59.8 cm³/mol. The van der Waals surface area contributed by atoms with Crippen LogP contribution in [-0.2, 0) is 10.2 Å². The number of aliphatic carboxylic acids is 1. The van der Waals surface area contributed by atoms with Gasteiger partial charge in [0, 0.05) is 16.0 Å². The fraction of sp³-hybridized carbons (Fsp3) is 0.364. The molecule has 1 atom stereocenters. The molecule has 0 fully saturated rings. The van der Waals surface area contributed by atoms with Crippen molar-refractivity contribution in [1.29, 1.82) is 0 Å². The molecule has 0 aliphatic carbocycles. The summed E-state index contributed by atoms with van der Waals surface area (Å²) in [7, 11) is 0. The first-order valence-corrected chi connectivity index (χ1v) is 5.04. The zero-order valence-corrected chi connectivity index (χ0v) is 9.69. The van der Waals surface area contributed by atoms with Crippen molar-refractivity contribution in [2.75, 3.05) is 0 Å². The first-order valence-electron chi connectivity index (χ1n) is 4.66. The number of hydrogen-bond acceptors (Lipinski definition) is 3. The average Bonchev–Trinajstić information content (AvgIpc) is 2.15. The number of benzene rings is 1. The molecule has 0 amide bonds. The van der Waals surface area contributed by atoms with Gasteiger partial charge in [-0.1, -0.05) is 31.5 Å². The quantitative estimate of drug-likeness (QED) is 0.757. The van der Waals surface area contributed by atoms with Crippen LogP contribution in [0.4, 0.5) is 0 Å². The zero-order valence-electron chi connectivity index (χ0n) is 8.94. The van der Waals surface area contributed by atoms with Crippen LogP contribution in [0.15, 0.2) is 18.2 Å². The lowest BCUT2D eigenvalue weighted by molar-refractivity contribution is -0.150. The Labute approximate surface area is 98.1 Å². The summed E-state index contributed by atoms with van der Waals surface area (Å²) in [6, 6.07) is 4.35. The van der Waals surface area contributed by atoms with Gasteiger partial charge in [0.1, 0.15) is 5.75 Å². The number of halogens is 1. The van der Waals surface area contributed by atoms with E-state index in [1.54, 1.807) is 0 Å². The highest BCUT2D eigenvalue weighted by Gasteiger charge is 2.36. The molecule has 1 unspecified atom stereocenters. The van der Waals surface area contributed by atoms with E-state index >= 15 is 0 Å². The third kappa shape index (κ3) is 2.28. The molecule has 1 aromatic rings. The van der Waals surface area contributed by atoms with Gasteiger partial charge in [-0.05, 0) is 12.1 Å². The monoisotopic (exact) mass is 244 g/mol. The van der Waals surface area contributed by atoms with Crippen molar-refractivity contribution in [3.05, 3.63) is 28.8 Å². The minimum absolute atomic E-state index is 0.127. The second kappa shape index (κ2) is 4.31. The third-order valence-electron chi connectivity index (χ3n) is 2.57. The second-order valence-electron chi connectivity index (χ2n) is 4.12. The maximum Gasteiger partial charge on any atom is 0.333 e. The van der Waals surface area contributed by atoms with Gasteiger partial charge < -0.3 is 15.3 Å². The standard InChI is InChI=1S/C11H13ClO4/c1-11(2,9(14)10(15)16)7-4-3-6(12)5-8(7)13/h3-5,9,13-14H,1-2H3,(H,15,16). The molecular weight excluding hydrogens is 232 g/mol. The molecule has 4 nitrogen and oxygen atoms in total. The third-order valence-corrected chi connectivity index (χ3v) is 2.81. The molecule has 0 heterocycles. The van der Waals surface area contributed by atoms with Crippen LogP contribution in [0.1, 0.15) is 19.4 Å². The van der Waals surface area contributed by atoms with Crippen molar-refractivity contribution < 1.29 is 20.1 Å². The van der Waals surface area contributed by atoms with E-state index in [0.717, 1.165) is 0 Å². The molecular formula is C11H13ClO4. The molecule has 0 aliphatic rings. The van der Waals surface area contributed by atoms with E-state index in [1.165, 1.54) is 32.0 Å². The van der Waals surface area contributed by atoms with E-state index in [2.05, 4.69) is 0 Å². The van der Waals surface area contributed by atoms with E-state index in [0.29, 0.717) is 10.6 Å². The number of aliphatic hydroxyl groups excluding tert-OH is 1. The molecule has 3 N–H and O–H groups in total. The van der Waals surface area contributed by atoms with E-state index in [9.17, 15) is 15.0 Å². The Morgan fingerprint density at radius 3 is 2.44 bits per heavy atom. The summed E-state index contributed by atoms with van der Waals surface area (Å²) >= 11 is 5.67. The Hall–Kier alpha value is -1.26. The summed E-state index contributed by atoms with van der Waals surface area (Å²) in [6.45, 7) is 3.07. The SMILES string of the molecule is CC(C)(c1ccc(Cl)cc1O)C(O)C(=O)O. The summed E-state index contributed by atoms with van der Waals surface area (Å²) in [5, 5.41) is 28.3. The molecule has 0 saturated heterocycles. The van der Waals surface area contributed by atoms with E-state index in [-0.39, 0.29) is 5.75 Å². The lowest BCUT2D eigenvalue weighted by Gasteiger charge is -2.28. The zero-order chi connectivity index (χ0) is 12.5. The number of phenolic OH excluding ortho intramolecular Hbond substituents is 1. The molecule has 0 saturated carbocycles. The number of aromatic hydroxyl groups is 1. The van der Waals surface area contributed by atoms with Crippen LogP contribution in [0.5, 0.6) is 5.75 Å². The van der Waals surface area contributed by atoms with Gasteiger partial charge in [-0.15, -0.1) is 0 Å². The van der Waals surface area contributed by atoms with Gasteiger partial charge in [0.25, 0.3) is 0 Å². The smallest absolute Gasteiger partial charge is 0.333 e. The molecule has 0 radical (unpaired) electrons. The van der Waals surface area contributed by atoms with Crippen LogP contribution < -0.4 is 0 Å². The van der Waals surface area contributed by atoms with Gasteiger partial charge in [0.05, 0.1) is 0 Å². The Morgan fingerprint density at radius 2 is 2.00 bits per heavy atom. The highest BCUT2D eigenvalue weighted by Crippen LogP contribution is 2.35. The average molecular weight is 245 g/mol. The van der Waals surface area contributed by atoms with E-state index in [4.69, 9.17) is 16.7 Å². The summed E-state index contributed by atoms with van der Waals surface area (Å²) in [5.41, 5.74) is -0.757. The van der Waals surface area contributed by atoms with Crippen molar-refractivity contribution in [2.45, 2.75) is 25.4 Å². The van der Waals surface area contributed by atoms with Gasteiger partial charge in [0.2, 0.25) is 0 Å². The van der Waals surface area contributed by atoms with Crippen LogP contribution >= 0.6 is 11.6 Å². The van der Waals surface area contributed by atoms with Crippen molar-refractivity contribution in [3.63, 3.8) is 0 Å². The molecule has 88 valence electrons. The summed E-state index contributed by atoms with van der Waals surface area (Å²) in [6.07, 6.45) is -1.60. The predicted octanol–water partition coefficient (Wildman–Crippen LogP) is 1.77. The molecule has 1 rings (SSSR count). The first-order chi connectivity index (χ1) is 7.26. The van der Waals surface area contributed by atoms with Gasteiger partial charge >= 0.3 is 5.97 Å². The number of carbonyl (C=O) groups is 1. The van der Waals surface area contributed by atoms with Crippen molar-refractivity contribution >= 4 is 17.6 Å². The number of phenols is 1. The Morgan fingerprint density at radius 1 is 1.44 bits per heavy atom. The largest absolute Gasteiger partial charge is 0.508 e. The Bertz CT molecular complexity index is 414. The van der Waals surface area contributed by atoms with Crippen LogP contribution in [-0.4, -0.2) is 27.4 Å². The Balaban J connectivity index is 3.21. The fourth-order valence-electron chi connectivity index (χ4n) is 1.51. The molecule has 0 aromatic heterocycles. The van der Waals surface area contributed by atoms with Crippen molar-refractivity contribution in [1.82, 2.24) is 0 Å². The van der Waals surface area contributed by atoms with Crippen LogP contribution in [0, 0.1) is 0 Å². The summed E-state index contributed by atoms with van der Waals surface area (Å²) < 4.78 is 0. The Kier molecular flexibility index (Phi) is 3.45. The van der Waals surface area contributed by atoms with Gasteiger partial charge in [-0.2, -0.15) is 0 Å². The minimum atomic E-state index is -1.60. The van der Waals surface area contributed by atoms with E-state index < -0.39 is 17.5 Å². The lowest BCUT2D eigenvalue weighted by atomic mass is 9.79. The number of carboxylic acids is 1. The molecule has 0 aliphatic heterocycles. The summed E-state index contributed by atoms with van der Waals surface area (Å²) in [4.78, 5) is 10.7. The van der Waals surface area contributed by atoms with E-state index in [1.807, 2.05) is 0 Å². The highest BCUT2D eigenvalue weighted by atomic mass is 35.5. The van der Waals surface area contributed by atoms with Gasteiger partial charge in [0.15, 0.2) is 6.10 Å². The van der Waals surface area contributed by atoms with Crippen LogP contribution in [0.25, 0.3) is 0 Å². The van der Waals surface area contributed by atoms with Gasteiger partial charge in [-0.25, -0.2) is 4.79 Å². The number of aliphatic hydroxyl groups is 1. The number of hydrogen-bond donors (Lipinski definition) is 3. The molecule has 16 heavy (non-hydrogen) atoms. The number of rotatable bonds is 3. The van der Waals surface area contributed by atoms with Crippen molar-refractivity contribution in [3.8, 4) is 5.75 Å². The molecule has 5 heteroatoms. The second-order valence-corrected chi connectivity index (χ2v) is 4.56. The summed E-state index contributed by atoms with van der Waals surface area (Å²) in [5.74, 6) is -1.46. The van der Waals surface area contributed by atoms with Gasteiger partial charge in [-0.3, -0.25) is 0 Å². The minimum Gasteiger partial charge on any atom is -0.508 e. The fourth-order valence-corrected chi connectivity index (χ4v) is 1.67. The highest BCUT2D eigenvalue weighted by molar-refractivity contribution is 6.30. The molecule has 0 bridgehead atoms. The number of carboxylic acid groups (broad SMARTS) is 1. The van der Waals surface area contributed by atoms with Crippen LogP contribution in [0.3, 0.4) is 0 Å². The first kappa shape index (κ1) is 12.8. The van der Waals surface area contributed by atoms with Crippen LogP contribution in [0.2, 0.25) is 5.02 Å². The van der Waals surface area contributed by atoms with Crippen molar-refractivity contribution in [2.24, 2.45) is 0 Å². The maximum atomic E-state index is 10.7. The normalized spacial score (nSPS) is 13.5.